The molecule has 0 aliphatic heterocycles. The Morgan fingerprint density at radius 2 is 2.31 bits per heavy atom. The highest BCUT2D eigenvalue weighted by Crippen LogP contribution is 2.23. The molecule has 0 aliphatic rings. The van der Waals surface area contributed by atoms with Gasteiger partial charge in [-0.3, -0.25) is 4.79 Å². The van der Waals surface area contributed by atoms with E-state index in [1.807, 2.05) is 0 Å². The first-order valence-electron chi connectivity index (χ1n) is 4.81. The standard InChI is InChI=1S/C11H14FNO3/c1-13-9(6-11(14)15)7-3-4-10(16-2)8(12)5-7/h3-5,9,13H,6H2,1-2H3,(H,14,15). The van der Waals surface area contributed by atoms with Crippen molar-refractivity contribution >= 4 is 5.97 Å². The maximum Gasteiger partial charge on any atom is 0.305 e. The summed E-state index contributed by atoms with van der Waals surface area (Å²) in [6.45, 7) is 0. The molecule has 1 aromatic carbocycles. The van der Waals surface area contributed by atoms with Gasteiger partial charge in [-0.1, -0.05) is 6.07 Å². The molecule has 0 radical (unpaired) electrons. The Morgan fingerprint density at radius 3 is 2.75 bits per heavy atom. The fourth-order valence-electron chi connectivity index (χ4n) is 1.46. The van der Waals surface area contributed by atoms with Crippen molar-refractivity contribution in [2.24, 2.45) is 0 Å². The van der Waals surface area contributed by atoms with Gasteiger partial charge in [0.2, 0.25) is 0 Å². The van der Waals surface area contributed by atoms with Crippen molar-refractivity contribution in [3.05, 3.63) is 29.6 Å². The molecule has 0 aliphatic carbocycles. The fourth-order valence-corrected chi connectivity index (χ4v) is 1.46. The third-order valence-electron chi connectivity index (χ3n) is 2.31. The number of carboxylic acids is 1. The number of hydrogen-bond acceptors (Lipinski definition) is 3. The number of nitrogens with one attached hydrogen (secondary N) is 1. The van der Waals surface area contributed by atoms with Crippen LogP contribution in [0.2, 0.25) is 0 Å². The van der Waals surface area contributed by atoms with Gasteiger partial charge >= 0.3 is 5.97 Å². The summed E-state index contributed by atoms with van der Waals surface area (Å²) in [5.41, 5.74) is 0.586. The first-order valence-corrected chi connectivity index (χ1v) is 4.81. The van der Waals surface area contributed by atoms with E-state index >= 15 is 0 Å². The summed E-state index contributed by atoms with van der Waals surface area (Å²) >= 11 is 0. The van der Waals surface area contributed by atoms with Crippen molar-refractivity contribution in [1.29, 1.82) is 0 Å². The summed E-state index contributed by atoms with van der Waals surface area (Å²) < 4.78 is 18.2. The molecular weight excluding hydrogens is 213 g/mol. The minimum atomic E-state index is -0.935. The van der Waals surface area contributed by atoms with Gasteiger partial charge in [0, 0.05) is 6.04 Å². The highest BCUT2D eigenvalue weighted by atomic mass is 19.1. The summed E-state index contributed by atoms with van der Waals surface area (Å²) in [6.07, 6.45) is -0.0950. The van der Waals surface area contributed by atoms with Crippen LogP contribution >= 0.6 is 0 Å². The number of carbonyl (C=O) groups is 1. The molecule has 0 saturated heterocycles. The highest BCUT2D eigenvalue weighted by molar-refractivity contribution is 5.68. The molecule has 1 rings (SSSR count). The fraction of sp³-hybridized carbons (Fsp3) is 0.364. The maximum absolute atomic E-state index is 13.4. The van der Waals surface area contributed by atoms with E-state index in [9.17, 15) is 9.18 Å². The van der Waals surface area contributed by atoms with E-state index < -0.39 is 17.8 Å². The number of rotatable bonds is 5. The smallest absolute Gasteiger partial charge is 0.305 e. The topological polar surface area (TPSA) is 58.6 Å². The molecule has 0 amide bonds. The number of aliphatic carboxylic acids is 1. The van der Waals surface area contributed by atoms with Crippen LogP contribution in [0.5, 0.6) is 5.75 Å². The second-order valence-electron chi connectivity index (χ2n) is 3.33. The molecule has 1 atom stereocenters. The Balaban J connectivity index is 2.93. The Bertz CT molecular complexity index is 381. The van der Waals surface area contributed by atoms with Crippen molar-refractivity contribution in [2.75, 3.05) is 14.2 Å². The van der Waals surface area contributed by atoms with E-state index in [1.165, 1.54) is 19.2 Å². The summed E-state index contributed by atoms with van der Waals surface area (Å²) in [7, 11) is 3.01. The zero-order valence-electron chi connectivity index (χ0n) is 9.16. The van der Waals surface area contributed by atoms with Gasteiger partial charge in [-0.05, 0) is 24.7 Å². The SMILES string of the molecule is CNC(CC(=O)O)c1ccc(OC)c(F)c1. The van der Waals surface area contributed by atoms with Gasteiger partial charge in [-0.25, -0.2) is 4.39 Å². The summed E-state index contributed by atoms with van der Waals surface area (Å²) in [6, 6.07) is 4.00. The maximum atomic E-state index is 13.4. The molecule has 1 aromatic rings. The molecule has 0 aromatic heterocycles. The minimum absolute atomic E-state index is 0.0950. The first-order chi connectivity index (χ1) is 7.58. The Hall–Kier alpha value is -1.62. The monoisotopic (exact) mass is 227 g/mol. The largest absolute Gasteiger partial charge is 0.494 e. The van der Waals surface area contributed by atoms with E-state index in [2.05, 4.69) is 5.32 Å². The lowest BCUT2D eigenvalue weighted by Crippen LogP contribution is -2.19. The highest BCUT2D eigenvalue weighted by Gasteiger charge is 2.15. The van der Waals surface area contributed by atoms with E-state index in [4.69, 9.17) is 9.84 Å². The predicted molar refractivity (Wildman–Crippen MR) is 57.0 cm³/mol. The summed E-state index contributed by atoms with van der Waals surface area (Å²) in [5, 5.41) is 11.5. The van der Waals surface area contributed by atoms with Gasteiger partial charge in [0.1, 0.15) is 0 Å². The van der Waals surface area contributed by atoms with Crippen molar-refractivity contribution in [3.8, 4) is 5.75 Å². The quantitative estimate of drug-likeness (QED) is 0.801. The molecule has 0 heterocycles. The van der Waals surface area contributed by atoms with Crippen LogP contribution < -0.4 is 10.1 Å². The number of benzene rings is 1. The zero-order chi connectivity index (χ0) is 12.1. The molecule has 1 unspecified atom stereocenters. The number of carboxylic acid groups (broad SMARTS) is 1. The van der Waals surface area contributed by atoms with Crippen LogP contribution in [-0.4, -0.2) is 25.2 Å². The number of hydrogen-bond donors (Lipinski definition) is 2. The summed E-state index contributed by atoms with van der Waals surface area (Å²) in [5.74, 6) is -1.28. The molecule has 5 heteroatoms. The van der Waals surface area contributed by atoms with Gasteiger partial charge in [-0.2, -0.15) is 0 Å². The number of methoxy groups -OCH3 is 1. The lowest BCUT2D eigenvalue weighted by Gasteiger charge is -2.15. The van der Waals surface area contributed by atoms with Gasteiger partial charge in [-0.15, -0.1) is 0 Å². The lowest BCUT2D eigenvalue weighted by molar-refractivity contribution is -0.137. The van der Waals surface area contributed by atoms with Crippen LogP contribution in [0.15, 0.2) is 18.2 Å². The average molecular weight is 227 g/mol. The molecule has 0 spiro atoms. The zero-order valence-corrected chi connectivity index (χ0v) is 9.16. The first kappa shape index (κ1) is 12.4. The normalized spacial score (nSPS) is 12.2. The summed E-state index contributed by atoms with van der Waals surface area (Å²) in [4.78, 5) is 10.6. The number of halogens is 1. The van der Waals surface area contributed by atoms with E-state index in [0.29, 0.717) is 5.56 Å². The average Bonchev–Trinajstić information content (AvgIpc) is 2.25. The molecule has 0 bridgehead atoms. The molecule has 0 fully saturated rings. The number of ether oxygens (including phenoxy) is 1. The lowest BCUT2D eigenvalue weighted by atomic mass is 10.0. The molecule has 88 valence electrons. The van der Waals surface area contributed by atoms with E-state index in [-0.39, 0.29) is 12.2 Å². The van der Waals surface area contributed by atoms with Crippen LogP contribution in [0, 0.1) is 5.82 Å². The molecule has 2 N–H and O–H groups in total. The van der Waals surface area contributed by atoms with Crippen LogP contribution in [0.1, 0.15) is 18.0 Å². The minimum Gasteiger partial charge on any atom is -0.494 e. The van der Waals surface area contributed by atoms with Crippen LogP contribution in [0.4, 0.5) is 4.39 Å². The Labute approximate surface area is 93.0 Å². The van der Waals surface area contributed by atoms with Gasteiger partial charge in [0.15, 0.2) is 11.6 Å². The molecule has 0 saturated carbocycles. The third kappa shape index (κ3) is 2.93. The molecule has 4 nitrogen and oxygen atoms in total. The predicted octanol–water partition coefficient (Wildman–Crippen LogP) is 1.57. The van der Waals surface area contributed by atoms with Crippen LogP contribution in [0.3, 0.4) is 0 Å². The molecule has 16 heavy (non-hydrogen) atoms. The van der Waals surface area contributed by atoms with Crippen LogP contribution in [0.25, 0.3) is 0 Å². The van der Waals surface area contributed by atoms with Crippen molar-refractivity contribution < 1.29 is 19.0 Å². The molecular formula is C11H14FNO3. The Kier molecular flexibility index (Phi) is 4.25. The van der Waals surface area contributed by atoms with Gasteiger partial charge in [0.05, 0.1) is 13.5 Å². The van der Waals surface area contributed by atoms with E-state index in [1.54, 1.807) is 13.1 Å². The van der Waals surface area contributed by atoms with Crippen molar-refractivity contribution in [3.63, 3.8) is 0 Å². The Morgan fingerprint density at radius 1 is 1.62 bits per heavy atom. The second kappa shape index (κ2) is 5.46. The van der Waals surface area contributed by atoms with Crippen LogP contribution in [-0.2, 0) is 4.79 Å². The third-order valence-corrected chi connectivity index (χ3v) is 2.31. The second-order valence-corrected chi connectivity index (χ2v) is 3.33. The van der Waals surface area contributed by atoms with Crippen molar-refractivity contribution in [1.82, 2.24) is 5.32 Å². The van der Waals surface area contributed by atoms with Crippen molar-refractivity contribution in [2.45, 2.75) is 12.5 Å². The van der Waals surface area contributed by atoms with Gasteiger partial charge in [0.25, 0.3) is 0 Å². The van der Waals surface area contributed by atoms with Gasteiger partial charge < -0.3 is 15.2 Å². The van der Waals surface area contributed by atoms with E-state index in [0.717, 1.165) is 0 Å².